The molecule has 0 saturated carbocycles. The minimum absolute atomic E-state index is 0.191. The Morgan fingerprint density at radius 3 is 2.94 bits per heavy atom. The third kappa shape index (κ3) is 2.16. The molecule has 3 atom stereocenters. The van der Waals surface area contributed by atoms with Crippen molar-refractivity contribution in [1.82, 2.24) is 9.55 Å². The van der Waals surface area contributed by atoms with Gasteiger partial charge in [0.15, 0.2) is 0 Å². The van der Waals surface area contributed by atoms with E-state index in [4.69, 9.17) is 16.3 Å². The molecule has 1 aromatic rings. The highest BCUT2D eigenvalue weighted by Gasteiger charge is 2.34. The second-order valence-electron chi connectivity index (χ2n) is 3.84. The normalized spacial score (nSPS) is 27.9. The van der Waals surface area contributed by atoms with Crippen LogP contribution in [-0.2, 0) is 4.74 Å². The van der Waals surface area contributed by atoms with Crippen LogP contribution >= 0.6 is 0 Å². The van der Waals surface area contributed by atoms with Crippen LogP contribution in [0.25, 0.3) is 0 Å². The van der Waals surface area contributed by atoms with Crippen LogP contribution in [0.3, 0.4) is 0 Å². The first kappa shape index (κ1) is 11.6. The molecule has 6 heteroatoms. The molecule has 0 aromatic carbocycles. The van der Waals surface area contributed by atoms with Gasteiger partial charge in [0.25, 0.3) is 5.56 Å². The summed E-state index contributed by atoms with van der Waals surface area (Å²) in [5.74, 6) is 2.29. The summed E-state index contributed by atoms with van der Waals surface area (Å²) in [5, 5.41) is 9.08. The van der Waals surface area contributed by atoms with Crippen LogP contribution in [-0.4, -0.2) is 27.4 Å². The Kier molecular flexibility index (Phi) is 3.13. The Morgan fingerprint density at radius 1 is 1.65 bits per heavy atom. The minimum Gasteiger partial charge on any atom is -0.394 e. The van der Waals surface area contributed by atoms with Gasteiger partial charge >= 0.3 is 5.69 Å². The molecule has 1 aromatic heterocycles. The maximum absolute atomic E-state index is 11.5. The molecule has 1 aliphatic rings. The van der Waals surface area contributed by atoms with Crippen LogP contribution in [0.15, 0.2) is 21.9 Å². The van der Waals surface area contributed by atoms with Gasteiger partial charge in [-0.05, 0) is 0 Å². The molecule has 2 N–H and O–H groups in total. The number of hydrogen-bond donors (Lipinski definition) is 2. The third-order valence-electron chi connectivity index (χ3n) is 2.79. The van der Waals surface area contributed by atoms with E-state index in [2.05, 4.69) is 10.9 Å². The van der Waals surface area contributed by atoms with Crippen molar-refractivity contribution in [1.29, 1.82) is 0 Å². The lowest BCUT2D eigenvalue weighted by atomic mass is 10.0. The molecule has 1 aliphatic heterocycles. The summed E-state index contributed by atoms with van der Waals surface area (Å²) in [6, 6.07) is 1.24. The molecule has 0 amide bonds. The van der Waals surface area contributed by atoms with E-state index in [9.17, 15) is 9.59 Å². The molecule has 0 radical (unpaired) electrons. The fraction of sp³-hybridized carbons (Fsp3) is 0.455. The molecule has 2 rings (SSSR count). The topological polar surface area (TPSA) is 84.3 Å². The van der Waals surface area contributed by atoms with Crippen LogP contribution in [0.1, 0.15) is 12.6 Å². The van der Waals surface area contributed by atoms with E-state index in [0.29, 0.717) is 6.42 Å². The van der Waals surface area contributed by atoms with Crippen LogP contribution in [0.4, 0.5) is 0 Å². The van der Waals surface area contributed by atoms with Crippen molar-refractivity contribution in [3.05, 3.63) is 33.1 Å². The number of aromatic nitrogens is 2. The van der Waals surface area contributed by atoms with Crippen LogP contribution < -0.4 is 11.2 Å². The Hall–Kier alpha value is -1.84. The van der Waals surface area contributed by atoms with Gasteiger partial charge in [0, 0.05) is 18.7 Å². The van der Waals surface area contributed by atoms with E-state index in [-0.39, 0.29) is 12.5 Å². The van der Waals surface area contributed by atoms with Gasteiger partial charge in [-0.1, -0.05) is 0 Å². The Balaban J connectivity index is 2.29. The van der Waals surface area contributed by atoms with Crippen molar-refractivity contribution in [2.45, 2.75) is 18.8 Å². The highest BCUT2D eigenvalue weighted by atomic mass is 16.5. The Labute approximate surface area is 96.9 Å². The number of hydrogen-bond acceptors (Lipinski definition) is 4. The molecule has 0 bridgehead atoms. The molecule has 0 aliphatic carbocycles. The number of ether oxygens (including phenoxy) is 1. The third-order valence-corrected chi connectivity index (χ3v) is 2.79. The fourth-order valence-electron chi connectivity index (χ4n) is 1.90. The molecule has 90 valence electrons. The number of aliphatic hydroxyl groups is 1. The summed E-state index contributed by atoms with van der Waals surface area (Å²) in [4.78, 5) is 24.6. The van der Waals surface area contributed by atoms with Gasteiger partial charge in [-0.3, -0.25) is 14.3 Å². The lowest BCUT2D eigenvalue weighted by molar-refractivity contribution is -0.0289. The van der Waals surface area contributed by atoms with Gasteiger partial charge in [0.2, 0.25) is 0 Å². The number of rotatable bonds is 2. The molecular formula is C11H12N2O4. The zero-order valence-corrected chi connectivity index (χ0v) is 9.00. The first-order chi connectivity index (χ1) is 8.15. The highest BCUT2D eigenvalue weighted by molar-refractivity contribution is 5.01. The summed E-state index contributed by atoms with van der Waals surface area (Å²) >= 11 is 0. The highest BCUT2D eigenvalue weighted by Crippen LogP contribution is 2.31. The number of aliphatic hydroxyl groups excluding tert-OH is 1. The summed E-state index contributed by atoms with van der Waals surface area (Å²) in [5.41, 5.74) is -1.01. The van der Waals surface area contributed by atoms with E-state index < -0.39 is 23.6 Å². The van der Waals surface area contributed by atoms with Gasteiger partial charge < -0.3 is 9.84 Å². The van der Waals surface area contributed by atoms with Gasteiger partial charge in [-0.2, -0.15) is 0 Å². The maximum atomic E-state index is 11.5. The lowest BCUT2D eigenvalue weighted by Crippen LogP contribution is -2.31. The van der Waals surface area contributed by atoms with Gasteiger partial charge in [0.1, 0.15) is 6.23 Å². The van der Waals surface area contributed by atoms with Crippen molar-refractivity contribution in [2.75, 3.05) is 6.61 Å². The number of H-pyrrole nitrogens is 1. The zero-order valence-electron chi connectivity index (χ0n) is 9.00. The molecule has 1 saturated heterocycles. The summed E-state index contributed by atoms with van der Waals surface area (Å²) in [6.45, 7) is -0.191. The van der Waals surface area contributed by atoms with E-state index in [0.717, 1.165) is 0 Å². The van der Waals surface area contributed by atoms with Crippen molar-refractivity contribution < 1.29 is 9.84 Å². The van der Waals surface area contributed by atoms with E-state index in [1.54, 1.807) is 0 Å². The maximum Gasteiger partial charge on any atom is 0.330 e. The minimum atomic E-state index is -0.545. The predicted molar refractivity (Wildman–Crippen MR) is 59.3 cm³/mol. The quantitative estimate of drug-likeness (QED) is 0.649. The van der Waals surface area contributed by atoms with Gasteiger partial charge in [-0.15, -0.1) is 12.3 Å². The monoisotopic (exact) mass is 236 g/mol. The van der Waals surface area contributed by atoms with E-state index in [1.165, 1.54) is 16.8 Å². The number of terminal acetylenes is 1. The Morgan fingerprint density at radius 2 is 2.41 bits per heavy atom. The standard InChI is InChI=1S/C11H12N2O4/c1-2-7-5-10(17-8(7)6-14)13-4-3-9(15)12-11(13)16/h1,3-4,7-8,10,14H,5-6H2,(H,12,15,16)/t7-,8+,10+/m0/s1. The van der Waals surface area contributed by atoms with Crippen LogP contribution in [0.5, 0.6) is 0 Å². The second kappa shape index (κ2) is 4.57. The molecule has 2 heterocycles. The largest absolute Gasteiger partial charge is 0.394 e. The Bertz CT molecular complexity index is 554. The van der Waals surface area contributed by atoms with Crippen LogP contribution in [0.2, 0.25) is 0 Å². The second-order valence-corrected chi connectivity index (χ2v) is 3.84. The van der Waals surface area contributed by atoms with Crippen molar-refractivity contribution in [3.63, 3.8) is 0 Å². The summed E-state index contributed by atoms with van der Waals surface area (Å²) in [7, 11) is 0. The zero-order chi connectivity index (χ0) is 12.4. The van der Waals surface area contributed by atoms with Crippen molar-refractivity contribution in [2.24, 2.45) is 5.92 Å². The molecule has 0 unspecified atom stereocenters. The lowest BCUT2D eigenvalue weighted by Gasteiger charge is -2.13. The molecular weight excluding hydrogens is 224 g/mol. The van der Waals surface area contributed by atoms with Gasteiger partial charge in [-0.25, -0.2) is 4.79 Å². The molecule has 1 fully saturated rings. The molecule has 6 nitrogen and oxygen atoms in total. The average Bonchev–Trinajstić information content (AvgIpc) is 2.72. The number of nitrogens with zero attached hydrogens (tertiary/aromatic N) is 1. The molecule has 0 spiro atoms. The summed E-state index contributed by atoms with van der Waals surface area (Å²) < 4.78 is 6.73. The smallest absolute Gasteiger partial charge is 0.330 e. The van der Waals surface area contributed by atoms with Crippen LogP contribution in [0, 0.1) is 18.3 Å². The first-order valence-electron chi connectivity index (χ1n) is 5.19. The van der Waals surface area contributed by atoms with Crippen molar-refractivity contribution >= 4 is 0 Å². The van der Waals surface area contributed by atoms with Crippen molar-refractivity contribution in [3.8, 4) is 12.3 Å². The summed E-state index contributed by atoms with van der Waals surface area (Å²) in [6.07, 6.45) is 6.10. The SMILES string of the molecule is C#C[C@H]1C[C@H](n2ccc(=O)[nH]c2=O)O[C@@H]1CO. The average molecular weight is 236 g/mol. The molecule has 17 heavy (non-hydrogen) atoms. The number of aromatic amines is 1. The number of nitrogens with one attached hydrogen (secondary N) is 1. The van der Waals surface area contributed by atoms with Gasteiger partial charge in [0.05, 0.1) is 18.6 Å². The fourth-order valence-corrected chi connectivity index (χ4v) is 1.90. The predicted octanol–water partition coefficient (Wildman–Crippen LogP) is -0.934. The first-order valence-corrected chi connectivity index (χ1v) is 5.19. The van der Waals surface area contributed by atoms with E-state index in [1.807, 2.05) is 0 Å². The van der Waals surface area contributed by atoms with E-state index >= 15 is 0 Å².